The third kappa shape index (κ3) is 1.36. The molecule has 1 fully saturated rings. The van der Waals surface area contributed by atoms with Crippen molar-refractivity contribution in [2.45, 2.75) is 44.1 Å². The summed E-state index contributed by atoms with van der Waals surface area (Å²) in [6, 6.07) is 8.68. The minimum atomic E-state index is -1.06. The fourth-order valence-electron chi connectivity index (χ4n) is 6.17. The molecule has 5 nitrogen and oxygen atoms in total. The van der Waals surface area contributed by atoms with Crippen molar-refractivity contribution >= 4 is 16.9 Å². The van der Waals surface area contributed by atoms with Crippen molar-refractivity contribution in [1.29, 1.82) is 0 Å². The molecule has 0 amide bonds. The number of ether oxygens (including phenoxy) is 2. The van der Waals surface area contributed by atoms with Crippen LogP contribution in [-0.2, 0) is 26.4 Å². The maximum Gasteiger partial charge on any atom is 0.360 e. The molecule has 4 atom stereocenters. The predicted octanol–water partition coefficient (Wildman–Crippen LogP) is 3.09. The summed E-state index contributed by atoms with van der Waals surface area (Å²) in [5.41, 5.74) is 2.59. The van der Waals surface area contributed by atoms with Gasteiger partial charge in [0, 0.05) is 29.5 Å². The minimum absolute atomic E-state index is 0.0579. The Labute approximate surface area is 152 Å². The van der Waals surface area contributed by atoms with E-state index in [0.29, 0.717) is 6.42 Å². The second kappa shape index (κ2) is 4.52. The molecule has 0 saturated carbocycles. The normalized spacial score (nSPS) is 35.8. The first kappa shape index (κ1) is 14.9. The van der Waals surface area contributed by atoms with E-state index in [4.69, 9.17) is 9.47 Å². The highest BCUT2D eigenvalue weighted by Crippen LogP contribution is 2.66. The number of para-hydroxylation sites is 1. The fourth-order valence-corrected chi connectivity index (χ4v) is 6.17. The van der Waals surface area contributed by atoms with Gasteiger partial charge in [0.05, 0.1) is 24.8 Å². The molecular weight excluding hydrogens is 328 g/mol. The smallest absolute Gasteiger partial charge is 0.360 e. The molecule has 1 aromatic carbocycles. The highest BCUT2D eigenvalue weighted by atomic mass is 16.6. The zero-order chi connectivity index (χ0) is 17.7. The van der Waals surface area contributed by atoms with Crippen LogP contribution in [0.5, 0.6) is 0 Å². The first-order valence-corrected chi connectivity index (χ1v) is 9.49. The van der Waals surface area contributed by atoms with Gasteiger partial charge in [-0.2, -0.15) is 0 Å². The Morgan fingerprint density at radius 2 is 2.23 bits per heavy atom. The van der Waals surface area contributed by atoms with Crippen LogP contribution in [0.25, 0.3) is 10.9 Å². The molecular formula is C21H22N2O3. The SMILES string of the molecule is CC[C@@]12C[C@@]3(C(=O)OC)O[C@H]1C=CN1CCc4c(n3c3ccccc43)[C@@H]12. The highest BCUT2D eigenvalue weighted by molar-refractivity contribution is 5.90. The number of hydrogen-bond donors (Lipinski definition) is 0. The lowest BCUT2D eigenvalue weighted by atomic mass is 9.64. The molecule has 0 N–H and O–H groups in total. The molecule has 2 bridgehead atoms. The van der Waals surface area contributed by atoms with Gasteiger partial charge in [-0.25, -0.2) is 4.79 Å². The standard InChI is InChI=1S/C21H22N2O3/c1-3-20-12-21(19(24)25-2)23-15-7-5-4-6-13(15)14-8-10-22(18(20)17(14)23)11-9-16(20)26-21/h4-7,9,11,16,18H,3,8,10,12H2,1-2H3/t16-,18+,20+,21-/m0/s1. The van der Waals surface area contributed by atoms with Crippen LogP contribution in [0.3, 0.4) is 0 Å². The molecule has 1 aromatic heterocycles. The Morgan fingerprint density at radius 3 is 3.04 bits per heavy atom. The highest BCUT2D eigenvalue weighted by Gasteiger charge is 2.70. The minimum Gasteiger partial charge on any atom is -0.465 e. The number of fused-ring (bicyclic) bond motifs is 5. The van der Waals surface area contributed by atoms with Gasteiger partial charge < -0.3 is 18.9 Å². The van der Waals surface area contributed by atoms with E-state index in [-0.39, 0.29) is 23.5 Å². The van der Waals surface area contributed by atoms with E-state index in [9.17, 15) is 4.79 Å². The van der Waals surface area contributed by atoms with Gasteiger partial charge in [0.25, 0.3) is 0 Å². The molecule has 26 heavy (non-hydrogen) atoms. The van der Waals surface area contributed by atoms with E-state index in [1.54, 1.807) is 0 Å². The summed E-state index contributed by atoms with van der Waals surface area (Å²) in [6.07, 6.45) is 6.92. The van der Waals surface area contributed by atoms with Crippen LogP contribution in [0.4, 0.5) is 0 Å². The molecule has 5 heteroatoms. The number of carbonyl (C=O) groups excluding carboxylic acids is 1. The van der Waals surface area contributed by atoms with Crippen molar-refractivity contribution in [1.82, 2.24) is 9.47 Å². The van der Waals surface area contributed by atoms with Crippen molar-refractivity contribution in [2.24, 2.45) is 5.41 Å². The zero-order valence-electron chi connectivity index (χ0n) is 15.1. The van der Waals surface area contributed by atoms with Crippen LogP contribution in [0.1, 0.15) is 37.1 Å². The Bertz CT molecular complexity index is 993. The second-order valence-corrected chi connectivity index (χ2v) is 8.03. The van der Waals surface area contributed by atoms with E-state index in [2.05, 4.69) is 46.9 Å². The maximum absolute atomic E-state index is 13.1. The Hall–Kier alpha value is -2.27. The monoisotopic (exact) mass is 350 g/mol. The lowest BCUT2D eigenvalue weighted by Gasteiger charge is -2.52. The first-order chi connectivity index (χ1) is 12.7. The summed E-state index contributed by atoms with van der Waals surface area (Å²) in [5, 5.41) is 1.25. The van der Waals surface area contributed by atoms with Gasteiger partial charge in [-0.3, -0.25) is 0 Å². The molecule has 4 aliphatic heterocycles. The molecule has 0 spiro atoms. The zero-order valence-corrected chi connectivity index (χ0v) is 15.1. The number of aromatic nitrogens is 1. The first-order valence-electron chi connectivity index (χ1n) is 9.49. The third-order valence-corrected chi connectivity index (χ3v) is 7.21. The summed E-state index contributed by atoms with van der Waals surface area (Å²) in [7, 11) is 1.47. The fraction of sp³-hybridized carbons (Fsp3) is 0.476. The number of carbonyl (C=O) groups is 1. The van der Waals surface area contributed by atoms with Gasteiger partial charge in [-0.15, -0.1) is 0 Å². The van der Waals surface area contributed by atoms with Gasteiger partial charge in [0.15, 0.2) is 0 Å². The van der Waals surface area contributed by atoms with Crippen LogP contribution >= 0.6 is 0 Å². The Kier molecular flexibility index (Phi) is 2.58. The molecule has 5 heterocycles. The topological polar surface area (TPSA) is 43.7 Å². The number of esters is 1. The van der Waals surface area contributed by atoms with Crippen LogP contribution in [-0.4, -0.2) is 35.2 Å². The number of nitrogens with zero attached hydrogens (tertiary/aromatic N) is 2. The molecule has 1 saturated heterocycles. The number of methoxy groups -OCH3 is 1. The van der Waals surface area contributed by atoms with Gasteiger partial charge >= 0.3 is 5.97 Å². The van der Waals surface area contributed by atoms with Crippen LogP contribution in [0.15, 0.2) is 36.5 Å². The summed E-state index contributed by atoms with van der Waals surface area (Å²) in [5.74, 6) is -0.285. The van der Waals surface area contributed by atoms with Gasteiger partial charge in [0.2, 0.25) is 5.72 Å². The Morgan fingerprint density at radius 1 is 1.38 bits per heavy atom. The van der Waals surface area contributed by atoms with E-state index in [0.717, 1.165) is 24.9 Å². The van der Waals surface area contributed by atoms with Crippen molar-refractivity contribution in [3.8, 4) is 0 Å². The van der Waals surface area contributed by atoms with Crippen molar-refractivity contribution in [3.05, 3.63) is 47.8 Å². The van der Waals surface area contributed by atoms with Crippen molar-refractivity contribution in [3.63, 3.8) is 0 Å². The molecule has 134 valence electrons. The van der Waals surface area contributed by atoms with E-state index in [1.165, 1.54) is 23.8 Å². The number of rotatable bonds is 2. The van der Waals surface area contributed by atoms with E-state index in [1.807, 2.05) is 6.07 Å². The summed E-state index contributed by atoms with van der Waals surface area (Å²) >= 11 is 0. The van der Waals surface area contributed by atoms with Crippen LogP contribution < -0.4 is 0 Å². The van der Waals surface area contributed by atoms with Crippen molar-refractivity contribution < 1.29 is 14.3 Å². The van der Waals surface area contributed by atoms with E-state index < -0.39 is 5.72 Å². The number of hydrogen-bond acceptors (Lipinski definition) is 4. The number of benzene rings is 1. The van der Waals surface area contributed by atoms with E-state index >= 15 is 0 Å². The predicted molar refractivity (Wildman–Crippen MR) is 96.4 cm³/mol. The molecule has 0 aliphatic carbocycles. The lowest BCUT2D eigenvalue weighted by Crippen LogP contribution is -2.54. The summed E-state index contributed by atoms with van der Waals surface area (Å²) in [6.45, 7) is 3.25. The van der Waals surface area contributed by atoms with Gasteiger partial charge in [-0.1, -0.05) is 25.1 Å². The molecule has 2 aromatic rings. The molecule has 4 aliphatic rings. The molecule has 6 rings (SSSR count). The quantitative estimate of drug-likeness (QED) is 0.781. The third-order valence-electron chi connectivity index (χ3n) is 7.21. The molecule has 0 unspecified atom stereocenters. The van der Waals surface area contributed by atoms with Gasteiger partial charge in [0.1, 0.15) is 0 Å². The van der Waals surface area contributed by atoms with Crippen LogP contribution in [0, 0.1) is 5.41 Å². The summed E-state index contributed by atoms with van der Waals surface area (Å²) in [4.78, 5) is 15.6. The Balaban J connectivity index is 1.79. The average molecular weight is 350 g/mol. The second-order valence-electron chi connectivity index (χ2n) is 8.03. The summed E-state index contributed by atoms with van der Waals surface area (Å²) < 4.78 is 14.1. The largest absolute Gasteiger partial charge is 0.465 e. The molecule has 0 radical (unpaired) electrons. The maximum atomic E-state index is 13.1. The lowest BCUT2D eigenvalue weighted by molar-refractivity contribution is -0.180. The average Bonchev–Trinajstić information content (AvgIpc) is 3.19. The van der Waals surface area contributed by atoms with Gasteiger partial charge in [-0.05, 0) is 36.7 Å². The van der Waals surface area contributed by atoms with Crippen molar-refractivity contribution in [2.75, 3.05) is 13.7 Å². The van der Waals surface area contributed by atoms with Crippen LogP contribution in [0.2, 0.25) is 0 Å².